The van der Waals surface area contributed by atoms with E-state index in [2.05, 4.69) is 10.6 Å². The molecule has 0 radical (unpaired) electrons. The molecule has 0 aromatic heterocycles. The number of nitrogens with one attached hydrogen (secondary N) is 2. The van der Waals surface area contributed by atoms with Crippen LogP contribution in [0.5, 0.6) is 0 Å². The molecule has 4 nitrogen and oxygen atoms in total. The molecule has 0 aliphatic carbocycles. The fourth-order valence-corrected chi connectivity index (χ4v) is 2.00. The Labute approximate surface area is 132 Å². The van der Waals surface area contributed by atoms with Crippen molar-refractivity contribution in [2.24, 2.45) is 0 Å². The lowest BCUT2D eigenvalue weighted by atomic mass is 10.1. The molecule has 2 aromatic rings. The molecular formula is C17H16F2N2O2. The Morgan fingerprint density at radius 2 is 1.65 bits per heavy atom. The predicted octanol–water partition coefficient (Wildman–Crippen LogP) is 3.36. The Balaban J connectivity index is 2.22. The number of benzene rings is 2. The molecule has 0 unspecified atom stereocenters. The van der Waals surface area contributed by atoms with Crippen LogP contribution in [-0.2, 0) is 0 Å². The first-order valence-corrected chi connectivity index (χ1v) is 7.16. The van der Waals surface area contributed by atoms with Crippen LogP contribution in [-0.4, -0.2) is 18.4 Å². The molecule has 0 aliphatic rings. The molecule has 0 heterocycles. The van der Waals surface area contributed by atoms with E-state index in [4.69, 9.17) is 0 Å². The highest BCUT2D eigenvalue weighted by molar-refractivity contribution is 6.09. The molecule has 2 rings (SSSR count). The normalized spacial score (nSPS) is 10.2. The van der Waals surface area contributed by atoms with Crippen molar-refractivity contribution in [1.82, 2.24) is 5.32 Å². The standard InChI is InChI=1S/C17H16F2N2O2/c1-2-7-20-17(23)14-5-3-4-6-15(14)21-16(22)11-8-12(18)10-13(19)9-11/h3-6,8-10H,2,7H2,1H3,(H,20,23)(H,21,22). The molecule has 2 N–H and O–H groups in total. The zero-order chi connectivity index (χ0) is 16.8. The van der Waals surface area contributed by atoms with Crippen molar-refractivity contribution in [2.75, 3.05) is 11.9 Å². The number of hydrogen-bond donors (Lipinski definition) is 2. The highest BCUT2D eigenvalue weighted by Gasteiger charge is 2.14. The van der Waals surface area contributed by atoms with Crippen LogP contribution in [0.15, 0.2) is 42.5 Å². The number of carbonyl (C=O) groups is 2. The Hall–Kier alpha value is -2.76. The van der Waals surface area contributed by atoms with Gasteiger partial charge in [-0.3, -0.25) is 9.59 Å². The van der Waals surface area contributed by atoms with Crippen LogP contribution in [0, 0.1) is 11.6 Å². The Bertz CT molecular complexity index is 712. The van der Waals surface area contributed by atoms with Crippen molar-refractivity contribution in [1.29, 1.82) is 0 Å². The maximum atomic E-state index is 13.2. The van der Waals surface area contributed by atoms with Gasteiger partial charge < -0.3 is 10.6 Å². The second-order valence-electron chi connectivity index (χ2n) is 4.91. The second-order valence-corrected chi connectivity index (χ2v) is 4.91. The zero-order valence-electron chi connectivity index (χ0n) is 12.5. The van der Waals surface area contributed by atoms with Crippen LogP contribution in [0.3, 0.4) is 0 Å². The van der Waals surface area contributed by atoms with E-state index in [9.17, 15) is 18.4 Å². The topological polar surface area (TPSA) is 58.2 Å². The molecule has 0 atom stereocenters. The maximum Gasteiger partial charge on any atom is 0.255 e. The lowest BCUT2D eigenvalue weighted by Crippen LogP contribution is -2.25. The summed E-state index contributed by atoms with van der Waals surface area (Å²) < 4.78 is 26.4. The van der Waals surface area contributed by atoms with Crippen molar-refractivity contribution in [3.05, 3.63) is 65.2 Å². The average molecular weight is 318 g/mol. The summed E-state index contributed by atoms with van der Waals surface area (Å²) in [6.45, 7) is 2.43. The van der Waals surface area contributed by atoms with Gasteiger partial charge in [-0.15, -0.1) is 0 Å². The summed E-state index contributed by atoms with van der Waals surface area (Å²) in [5, 5.41) is 5.22. The Morgan fingerprint density at radius 3 is 2.30 bits per heavy atom. The van der Waals surface area contributed by atoms with Crippen molar-refractivity contribution in [3.8, 4) is 0 Å². The van der Waals surface area contributed by atoms with Gasteiger partial charge in [0.1, 0.15) is 11.6 Å². The van der Waals surface area contributed by atoms with Crippen LogP contribution in [0.1, 0.15) is 34.1 Å². The minimum atomic E-state index is -0.843. The van der Waals surface area contributed by atoms with Gasteiger partial charge in [0, 0.05) is 18.2 Å². The quantitative estimate of drug-likeness (QED) is 0.888. The van der Waals surface area contributed by atoms with E-state index in [0.29, 0.717) is 12.6 Å². The van der Waals surface area contributed by atoms with E-state index in [-0.39, 0.29) is 22.7 Å². The molecule has 0 bridgehead atoms. The molecule has 2 aromatic carbocycles. The van der Waals surface area contributed by atoms with Gasteiger partial charge in [-0.2, -0.15) is 0 Å². The molecule has 23 heavy (non-hydrogen) atoms. The summed E-state index contributed by atoms with van der Waals surface area (Å²) in [5.74, 6) is -2.71. The van der Waals surface area contributed by atoms with Gasteiger partial charge in [0.05, 0.1) is 11.3 Å². The number of rotatable bonds is 5. The van der Waals surface area contributed by atoms with Gasteiger partial charge in [-0.1, -0.05) is 19.1 Å². The molecule has 6 heteroatoms. The monoisotopic (exact) mass is 318 g/mol. The van der Waals surface area contributed by atoms with Crippen LogP contribution in [0.4, 0.5) is 14.5 Å². The Kier molecular flexibility index (Phi) is 5.41. The van der Waals surface area contributed by atoms with Crippen molar-refractivity contribution < 1.29 is 18.4 Å². The number of halogens is 2. The third-order valence-corrected chi connectivity index (χ3v) is 3.08. The number of amides is 2. The largest absolute Gasteiger partial charge is 0.352 e. The van der Waals surface area contributed by atoms with Crippen molar-refractivity contribution in [3.63, 3.8) is 0 Å². The van der Waals surface area contributed by atoms with E-state index >= 15 is 0 Å². The van der Waals surface area contributed by atoms with Crippen molar-refractivity contribution in [2.45, 2.75) is 13.3 Å². The molecular weight excluding hydrogens is 302 g/mol. The fraction of sp³-hybridized carbons (Fsp3) is 0.176. The molecule has 0 saturated carbocycles. The van der Waals surface area contributed by atoms with E-state index in [1.807, 2.05) is 6.92 Å². The highest BCUT2D eigenvalue weighted by Crippen LogP contribution is 2.17. The van der Waals surface area contributed by atoms with Crippen LogP contribution < -0.4 is 10.6 Å². The van der Waals surface area contributed by atoms with Gasteiger partial charge in [-0.25, -0.2) is 8.78 Å². The minimum absolute atomic E-state index is 0.161. The van der Waals surface area contributed by atoms with E-state index in [1.54, 1.807) is 24.3 Å². The summed E-state index contributed by atoms with van der Waals surface area (Å²) in [6.07, 6.45) is 0.781. The number of anilines is 1. The fourth-order valence-electron chi connectivity index (χ4n) is 2.00. The summed E-state index contributed by atoms with van der Waals surface area (Å²) in [5.41, 5.74) is 0.396. The number of carbonyl (C=O) groups excluding carboxylic acids is 2. The van der Waals surface area contributed by atoms with Gasteiger partial charge in [-0.05, 0) is 30.7 Å². The molecule has 0 saturated heterocycles. The molecule has 0 aliphatic heterocycles. The van der Waals surface area contributed by atoms with Gasteiger partial charge in [0.2, 0.25) is 0 Å². The maximum absolute atomic E-state index is 13.2. The molecule has 120 valence electrons. The minimum Gasteiger partial charge on any atom is -0.352 e. The zero-order valence-corrected chi connectivity index (χ0v) is 12.5. The highest BCUT2D eigenvalue weighted by atomic mass is 19.1. The third-order valence-electron chi connectivity index (χ3n) is 3.08. The third kappa shape index (κ3) is 4.35. The number of hydrogen-bond acceptors (Lipinski definition) is 2. The second kappa shape index (κ2) is 7.49. The first-order chi connectivity index (χ1) is 11.0. The van der Waals surface area contributed by atoms with E-state index in [1.165, 1.54) is 0 Å². The summed E-state index contributed by atoms with van der Waals surface area (Å²) in [6, 6.07) is 8.97. The lowest BCUT2D eigenvalue weighted by Gasteiger charge is -2.11. The molecule has 0 spiro atoms. The Morgan fingerprint density at radius 1 is 1.00 bits per heavy atom. The smallest absolute Gasteiger partial charge is 0.255 e. The van der Waals surface area contributed by atoms with Gasteiger partial charge in [0.25, 0.3) is 11.8 Å². The van der Waals surface area contributed by atoms with Gasteiger partial charge in [0.15, 0.2) is 0 Å². The summed E-state index contributed by atoms with van der Waals surface area (Å²) in [7, 11) is 0. The predicted molar refractivity (Wildman–Crippen MR) is 83.4 cm³/mol. The first-order valence-electron chi connectivity index (χ1n) is 7.16. The van der Waals surface area contributed by atoms with Crippen LogP contribution in [0.2, 0.25) is 0 Å². The first kappa shape index (κ1) is 16.6. The van der Waals surface area contributed by atoms with E-state index < -0.39 is 17.5 Å². The lowest BCUT2D eigenvalue weighted by molar-refractivity contribution is 0.0954. The van der Waals surface area contributed by atoms with Crippen LogP contribution in [0.25, 0.3) is 0 Å². The van der Waals surface area contributed by atoms with Crippen molar-refractivity contribution >= 4 is 17.5 Å². The van der Waals surface area contributed by atoms with Gasteiger partial charge >= 0.3 is 0 Å². The number of para-hydroxylation sites is 1. The summed E-state index contributed by atoms with van der Waals surface area (Å²) in [4.78, 5) is 24.2. The molecule has 2 amide bonds. The summed E-state index contributed by atoms with van der Waals surface area (Å²) >= 11 is 0. The van der Waals surface area contributed by atoms with Crippen LogP contribution >= 0.6 is 0 Å². The molecule has 0 fully saturated rings. The SMILES string of the molecule is CCCNC(=O)c1ccccc1NC(=O)c1cc(F)cc(F)c1. The average Bonchev–Trinajstić information content (AvgIpc) is 2.52. The van der Waals surface area contributed by atoms with E-state index in [0.717, 1.165) is 18.6 Å².